The number of phenols is 1. The number of hydrogen-bond donors (Lipinski definition) is 3. The zero-order valence-corrected chi connectivity index (χ0v) is 18.4. The second-order valence-electron chi connectivity index (χ2n) is 7.36. The zero-order chi connectivity index (χ0) is 23.5. The molecule has 3 aromatic carbocycles. The van der Waals surface area contributed by atoms with Gasteiger partial charge in [-0.1, -0.05) is 30.7 Å². The summed E-state index contributed by atoms with van der Waals surface area (Å²) >= 11 is 6.18. The molecule has 0 atom stereocenters. The number of phenolic OH excluding ortho intramolecular Hbond substituents is 1. The van der Waals surface area contributed by atoms with Gasteiger partial charge in [-0.3, -0.25) is 14.4 Å². The summed E-state index contributed by atoms with van der Waals surface area (Å²) < 4.78 is 0. The summed E-state index contributed by atoms with van der Waals surface area (Å²) in [4.78, 5) is 39.0. The second kappa shape index (κ2) is 9.18. The average Bonchev–Trinajstić information content (AvgIpc) is 3.04. The Hall–Kier alpha value is -4.10. The fourth-order valence-electron chi connectivity index (χ4n) is 3.32. The van der Waals surface area contributed by atoms with Crippen LogP contribution in [-0.4, -0.2) is 22.8 Å². The van der Waals surface area contributed by atoms with E-state index >= 15 is 0 Å². The van der Waals surface area contributed by atoms with Crippen LogP contribution in [0.1, 0.15) is 22.8 Å². The Morgan fingerprint density at radius 1 is 0.879 bits per heavy atom. The molecule has 0 aliphatic carbocycles. The minimum atomic E-state index is -0.599. The maximum Gasteiger partial charge on any atom is 0.283 e. The molecule has 0 saturated heterocycles. The molecule has 7 nitrogen and oxygen atoms in total. The van der Waals surface area contributed by atoms with Gasteiger partial charge in [0.2, 0.25) is 0 Å². The summed E-state index contributed by atoms with van der Waals surface area (Å²) in [7, 11) is 0. The smallest absolute Gasteiger partial charge is 0.283 e. The predicted molar refractivity (Wildman–Crippen MR) is 127 cm³/mol. The normalized spacial score (nSPS) is 13.5. The molecule has 0 radical (unpaired) electrons. The molecule has 1 aliphatic heterocycles. The van der Waals surface area contributed by atoms with E-state index in [-0.39, 0.29) is 22.4 Å². The van der Waals surface area contributed by atoms with Crippen LogP contribution in [0.3, 0.4) is 0 Å². The Morgan fingerprint density at radius 3 is 2.09 bits per heavy atom. The van der Waals surface area contributed by atoms with Gasteiger partial charge in [-0.25, -0.2) is 4.90 Å². The number of benzene rings is 3. The van der Waals surface area contributed by atoms with Crippen molar-refractivity contribution < 1.29 is 19.5 Å². The Labute approximate surface area is 195 Å². The number of amides is 3. The molecular weight excluding hydrogens is 442 g/mol. The number of hydrogen-bond acceptors (Lipinski definition) is 5. The van der Waals surface area contributed by atoms with Crippen LogP contribution in [0, 0.1) is 0 Å². The van der Waals surface area contributed by atoms with Crippen LogP contribution in [0.15, 0.2) is 83.5 Å². The molecule has 8 heteroatoms. The van der Waals surface area contributed by atoms with E-state index < -0.39 is 11.8 Å². The predicted octanol–water partition coefficient (Wildman–Crippen LogP) is 4.64. The largest absolute Gasteiger partial charge is 0.508 e. The van der Waals surface area contributed by atoms with Crippen molar-refractivity contribution in [2.24, 2.45) is 0 Å². The lowest BCUT2D eigenvalue weighted by Gasteiger charge is -2.15. The third-order valence-electron chi connectivity index (χ3n) is 5.17. The zero-order valence-electron chi connectivity index (χ0n) is 17.6. The molecule has 0 saturated carbocycles. The van der Waals surface area contributed by atoms with Crippen LogP contribution in [0.5, 0.6) is 5.75 Å². The van der Waals surface area contributed by atoms with Gasteiger partial charge in [0, 0.05) is 16.9 Å². The van der Waals surface area contributed by atoms with Crippen molar-refractivity contribution in [3.8, 4) is 5.75 Å². The minimum Gasteiger partial charge on any atom is -0.508 e. The van der Waals surface area contributed by atoms with E-state index in [1.165, 1.54) is 12.1 Å². The fraction of sp³-hybridized carbons (Fsp3) is 0.0800. The molecule has 1 aliphatic rings. The van der Waals surface area contributed by atoms with E-state index in [1.54, 1.807) is 48.5 Å². The Bertz CT molecular complexity index is 1250. The number of aryl methyl sites for hydroxylation is 1. The highest BCUT2D eigenvalue weighted by Crippen LogP contribution is 2.30. The molecule has 3 aromatic rings. The lowest BCUT2D eigenvalue weighted by Crippen LogP contribution is -2.32. The SMILES string of the molecule is CCc1ccc(N2C(=O)C(Cl)=C(Nc3ccc(C(=O)Nc4ccc(O)cc4)cc3)C2=O)cc1. The van der Waals surface area contributed by atoms with E-state index in [1.807, 2.05) is 19.1 Å². The van der Waals surface area contributed by atoms with Crippen LogP contribution >= 0.6 is 11.6 Å². The minimum absolute atomic E-state index is 0.0254. The number of imide groups is 1. The summed E-state index contributed by atoms with van der Waals surface area (Å²) in [5.41, 5.74) is 2.93. The second-order valence-corrected chi connectivity index (χ2v) is 7.74. The van der Waals surface area contributed by atoms with Crippen molar-refractivity contribution in [2.75, 3.05) is 15.5 Å². The molecule has 3 N–H and O–H groups in total. The summed E-state index contributed by atoms with van der Waals surface area (Å²) in [5, 5.41) is 14.7. The summed E-state index contributed by atoms with van der Waals surface area (Å²) in [5.74, 6) is -1.38. The third kappa shape index (κ3) is 4.58. The molecule has 0 bridgehead atoms. The van der Waals surface area contributed by atoms with E-state index in [0.29, 0.717) is 22.6 Å². The van der Waals surface area contributed by atoms with Gasteiger partial charge in [-0.2, -0.15) is 0 Å². The van der Waals surface area contributed by atoms with E-state index in [2.05, 4.69) is 10.6 Å². The molecule has 166 valence electrons. The standard InChI is InChI=1S/C25H20ClN3O4/c1-2-15-3-11-19(12-4-15)29-24(32)21(26)22(25(29)33)27-17-7-5-16(6-8-17)23(31)28-18-9-13-20(30)14-10-18/h3-14,27,30H,2H2,1H3,(H,28,31). The van der Waals surface area contributed by atoms with Gasteiger partial charge in [0.15, 0.2) is 0 Å². The molecule has 0 aromatic heterocycles. The van der Waals surface area contributed by atoms with Gasteiger partial charge >= 0.3 is 0 Å². The molecule has 1 heterocycles. The molecule has 4 rings (SSSR count). The lowest BCUT2D eigenvalue weighted by molar-refractivity contribution is -0.120. The number of carbonyl (C=O) groups is 3. The Balaban J connectivity index is 1.46. The Kier molecular flexibility index (Phi) is 6.15. The van der Waals surface area contributed by atoms with Crippen molar-refractivity contribution in [1.29, 1.82) is 0 Å². The first-order chi connectivity index (χ1) is 15.9. The monoisotopic (exact) mass is 461 g/mol. The first kappa shape index (κ1) is 22.1. The number of anilines is 3. The van der Waals surface area contributed by atoms with Crippen molar-refractivity contribution in [3.63, 3.8) is 0 Å². The molecule has 0 fully saturated rings. The molecular formula is C25H20ClN3O4. The van der Waals surface area contributed by atoms with Crippen LogP contribution < -0.4 is 15.5 Å². The quantitative estimate of drug-likeness (QED) is 0.367. The van der Waals surface area contributed by atoms with Crippen molar-refractivity contribution >= 4 is 46.4 Å². The first-order valence-electron chi connectivity index (χ1n) is 10.2. The number of aromatic hydroxyl groups is 1. The van der Waals surface area contributed by atoms with Gasteiger partial charge in [0.25, 0.3) is 17.7 Å². The molecule has 3 amide bonds. The molecule has 33 heavy (non-hydrogen) atoms. The van der Waals surface area contributed by atoms with Crippen LogP contribution in [-0.2, 0) is 16.0 Å². The van der Waals surface area contributed by atoms with Gasteiger partial charge in [-0.15, -0.1) is 0 Å². The van der Waals surface area contributed by atoms with E-state index in [4.69, 9.17) is 11.6 Å². The van der Waals surface area contributed by atoms with Crippen molar-refractivity contribution in [3.05, 3.63) is 94.7 Å². The van der Waals surface area contributed by atoms with E-state index in [9.17, 15) is 19.5 Å². The highest BCUT2D eigenvalue weighted by molar-refractivity contribution is 6.53. The number of rotatable bonds is 6. The fourth-order valence-corrected chi connectivity index (χ4v) is 3.54. The third-order valence-corrected chi connectivity index (χ3v) is 5.52. The number of nitrogens with zero attached hydrogens (tertiary/aromatic N) is 1. The van der Waals surface area contributed by atoms with Gasteiger partial charge < -0.3 is 15.7 Å². The lowest BCUT2D eigenvalue weighted by atomic mass is 10.1. The number of carbonyl (C=O) groups excluding carboxylic acids is 3. The maximum absolute atomic E-state index is 12.9. The highest BCUT2D eigenvalue weighted by Gasteiger charge is 2.38. The van der Waals surface area contributed by atoms with Gasteiger partial charge in [0.1, 0.15) is 16.5 Å². The van der Waals surface area contributed by atoms with Crippen LogP contribution in [0.2, 0.25) is 0 Å². The van der Waals surface area contributed by atoms with Crippen LogP contribution in [0.4, 0.5) is 17.1 Å². The van der Waals surface area contributed by atoms with E-state index in [0.717, 1.165) is 16.9 Å². The maximum atomic E-state index is 12.9. The Morgan fingerprint density at radius 2 is 1.48 bits per heavy atom. The van der Waals surface area contributed by atoms with Crippen LogP contribution in [0.25, 0.3) is 0 Å². The summed E-state index contributed by atoms with van der Waals surface area (Å²) in [6.07, 6.45) is 0.844. The highest BCUT2D eigenvalue weighted by atomic mass is 35.5. The number of nitrogens with one attached hydrogen (secondary N) is 2. The van der Waals surface area contributed by atoms with Gasteiger partial charge in [-0.05, 0) is 72.6 Å². The topological polar surface area (TPSA) is 98.7 Å². The molecule has 0 spiro atoms. The number of halogens is 1. The summed E-state index contributed by atoms with van der Waals surface area (Å²) in [6.45, 7) is 2.02. The van der Waals surface area contributed by atoms with Crippen molar-refractivity contribution in [2.45, 2.75) is 13.3 Å². The van der Waals surface area contributed by atoms with Gasteiger partial charge in [0.05, 0.1) is 5.69 Å². The van der Waals surface area contributed by atoms with Crippen molar-refractivity contribution in [1.82, 2.24) is 0 Å². The molecule has 0 unspecified atom stereocenters. The average molecular weight is 462 g/mol. The summed E-state index contributed by atoms with van der Waals surface area (Å²) in [6, 6.07) is 19.6. The first-order valence-corrected chi connectivity index (χ1v) is 10.6.